The monoisotopic (exact) mass is 804 g/mol. The molecule has 0 aromatic carbocycles. The highest BCUT2D eigenvalue weighted by molar-refractivity contribution is 4.74. The third-order valence-corrected chi connectivity index (χ3v) is 13.1. The van der Waals surface area contributed by atoms with Gasteiger partial charge in [0.15, 0.2) is 0 Å². The van der Waals surface area contributed by atoms with Crippen LogP contribution in [-0.2, 0) is 0 Å². The molecule has 2 N–H and O–H groups in total. The molecule has 5 heteroatoms. The molecule has 0 atom stereocenters. The van der Waals surface area contributed by atoms with E-state index < -0.39 is 0 Å². The molecule has 1 fully saturated rings. The van der Waals surface area contributed by atoms with Gasteiger partial charge in [0.1, 0.15) is 0 Å². The van der Waals surface area contributed by atoms with Gasteiger partial charge in [0, 0.05) is 65.4 Å². The first kappa shape index (κ1) is 54.8. The van der Waals surface area contributed by atoms with Gasteiger partial charge < -0.3 is 15.5 Å². The molecular formula is C52H109N5. The fraction of sp³-hybridized carbons (Fsp3) is 1.00. The number of rotatable bonds is 48. The summed E-state index contributed by atoms with van der Waals surface area (Å²) >= 11 is 0. The van der Waals surface area contributed by atoms with Crippen molar-refractivity contribution in [2.24, 2.45) is 0 Å². The van der Waals surface area contributed by atoms with E-state index in [1.54, 1.807) is 0 Å². The maximum Gasteiger partial charge on any atom is 0.0110 e. The maximum atomic E-state index is 3.83. The number of piperazine rings is 1. The molecule has 1 aliphatic heterocycles. The van der Waals surface area contributed by atoms with E-state index in [1.165, 1.54) is 303 Å². The Morgan fingerprint density at radius 3 is 0.947 bits per heavy atom. The van der Waals surface area contributed by atoms with Crippen molar-refractivity contribution >= 4 is 0 Å². The topological polar surface area (TPSA) is 33.8 Å². The number of unbranched alkanes of at least 4 members (excludes halogenated alkanes) is 33. The maximum absolute atomic E-state index is 3.83. The largest absolute Gasteiger partial charge is 0.315 e. The van der Waals surface area contributed by atoms with Crippen molar-refractivity contribution in [2.75, 3.05) is 85.1 Å². The molecule has 1 saturated heterocycles. The average molecular weight is 804 g/mol. The molecule has 0 aromatic heterocycles. The summed E-state index contributed by atoms with van der Waals surface area (Å²) in [5.74, 6) is 0. The van der Waals surface area contributed by atoms with Gasteiger partial charge in [0.2, 0.25) is 0 Å². The summed E-state index contributed by atoms with van der Waals surface area (Å²) in [6.45, 7) is 22.9. The third kappa shape index (κ3) is 41.0. The highest BCUT2D eigenvalue weighted by Crippen LogP contribution is 2.15. The Bertz CT molecular complexity index is 725. The Morgan fingerprint density at radius 1 is 0.281 bits per heavy atom. The van der Waals surface area contributed by atoms with E-state index in [0.717, 1.165) is 13.1 Å². The fourth-order valence-electron chi connectivity index (χ4n) is 8.94. The second kappa shape index (κ2) is 46.9. The van der Waals surface area contributed by atoms with Gasteiger partial charge in [-0.25, -0.2) is 0 Å². The first-order chi connectivity index (χ1) is 28.3. The van der Waals surface area contributed by atoms with Crippen LogP contribution in [0.15, 0.2) is 0 Å². The molecule has 0 amide bonds. The van der Waals surface area contributed by atoms with Gasteiger partial charge in [0.05, 0.1) is 0 Å². The smallest absolute Gasteiger partial charge is 0.0110 e. The van der Waals surface area contributed by atoms with Gasteiger partial charge in [-0.15, -0.1) is 0 Å². The lowest BCUT2D eigenvalue weighted by Gasteiger charge is -2.36. The Morgan fingerprint density at radius 2 is 0.579 bits per heavy atom. The van der Waals surface area contributed by atoms with E-state index in [2.05, 4.69) is 46.1 Å². The van der Waals surface area contributed by atoms with E-state index >= 15 is 0 Å². The summed E-state index contributed by atoms with van der Waals surface area (Å²) in [5.41, 5.74) is 0. The van der Waals surface area contributed by atoms with Crippen LogP contribution in [0.1, 0.15) is 252 Å². The summed E-state index contributed by atoms with van der Waals surface area (Å²) in [6, 6.07) is 0. The van der Waals surface area contributed by atoms with Crippen molar-refractivity contribution in [1.82, 2.24) is 25.3 Å². The van der Waals surface area contributed by atoms with Crippen LogP contribution in [0.2, 0.25) is 0 Å². The number of hydrogen-bond donors (Lipinski definition) is 2. The summed E-state index contributed by atoms with van der Waals surface area (Å²) in [7, 11) is 0. The fourth-order valence-corrected chi connectivity index (χ4v) is 8.94. The lowest BCUT2D eigenvalue weighted by molar-refractivity contribution is 0.118. The minimum absolute atomic E-state index is 1.16. The Balaban J connectivity index is 2.14. The van der Waals surface area contributed by atoms with Crippen LogP contribution in [0.25, 0.3) is 0 Å². The number of nitrogens with zero attached hydrogens (tertiary/aromatic N) is 3. The molecule has 0 bridgehead atoms. The van der Waals surface area contributed by atoms with Crippen LogP contribution in [0.3, 0.4) is 0 Å². The second-order valence-electron chi connectivity index (χ2n) is 18.7. The number of nitrogens with one attached hydrogen (secondary N) is 2. The SMILES string of the molecule is CCCCCCCCCCCCCCNCCN(CCCCCCCCCCCCCC)CCN1CCN(CCNCCCCCCCCCCCCCC)CC1. The Kier molecular flexibility index (Phi) is 45.1. The van der Waals surface area contributed by atoms with E-state index in [0.29, 0.717) is 0 Å². The van der Waals surface area contributed by atoms with Gasteiger partial charge in [-0.05, 0) is 38.9 Å². The molecule has 5 nitrogen and oxygen atoms in total. The minimum Gasteiger partial charge on any atom is -0.315 e. The van der Waals surface area contributed by atoms with Crippen LogP contribution in [0, 0.1) is 0 Å². The Labute approximate surface area is 361 Å². The summed E-state index contributed by atoms with van der Waals surface area (Å²) in [6.07, 6.45) is 51.7. The first-order valence-electron chi connectivity index (χ1n) is 26.9. The molecular weight excluding hydrogens is 695 g/mol. The van der Waals surface area contributed by atoms with E-state index in [1.807, 2.05) is 0 Å². The van der Waals surface area contributed by atoms with Crippen LogP contribution in [0.4, 0.5) is 0 Å². The number of hydrogen-bond acceptors (Lipinski definition) is 5. The highest BCUT2D eigenvalue weighted by atomic mass is 15.3. The summed E-state index contributed by atoms with van der Waals surface area (Å²) in [5, 5.41) is 7.58. The van der Waals surface area contributed by atoms with Gasteiger partial charge >= 0.3 is 0 Å². The van der Waals surface area contributed by atoms with Crippen LogP contribution < -0.4 is 10.6 Å². The lowest BCUT2D eigenvalue weighted by atomic mass is 10.1. The van der Waals surface area contributed by atoms with Crippen LogP contribution in [0.5, 0.6) is 0 Å². The molecule has 0 aliphatic carbocycles. The zero-order valence-corrected chi connectivity index (χ0v) is 40.0. The summed E-state index contributed by atoms with van der Waals surface area (Å²) in [4.78, 5) is 8.26. The zero-order valence-electron chi connectivity index (χ0n) is 40.0. The molecule has 0 spiro atoms. The zero-order chi connectivity index (χ0) is 40.8. The van der Waals surface area contributed by atoms with E-state index in [-0.39, 0.29) is 0 Å². The van der Waals surface area contributed by atoms with Crippen LogP contribution >= 0.6 is 0 Å². The Hall–Kier alpha value is -0.200. The first-order valence-corrected chi connectivity index (χ1v) is 26.9. The van der Waals surface area contributed by atoms with Crippen molar-refractivity contribution in [3.63, 3.8) is 0 Å². The highest BCUT2D eigenvalue weighted by Gasteiger charge is 2.17. The van der Waals surface area contributed by atoms with Crippen molar-refractivity contribution < 1.29 is 0 Å². The minimum atomic E-state index is 1.16. The molecule has 1 aliphatic rings. The van der Waals surface area contributed by atoms with E-state index in [4.69, 9.17) is 0 Å². The molecule has 0 saturated carbocycles. The standard InChI is InChI=1S/C52H109N5/c1-4-7-10-13-16-19-22-25-28-31-34-37-40-53-42-45-55(44-39-36-33-30-27-24-21-18-15-12-9-6-3)47-50-57-51-48-56(49-52-57)46-43-54-41-38-35-32-29-26-23-20-17-14-11-8-5-2/h53-54H,4-52H2,1-3H3. The quantitative estimate of drug-likeness (QED) is 0.0599. The van der Waals surface area contributed by atoms with Crippen LogP contribution in [-0.4, -0.2) is 99.8 Å². The predicted octanol–water partition coefficient (Wildman–Crippen LogP) is 14.2. The molecule has 1 rings (SSSR count). The van der Waals surface area contributed by atoms with E-state index in [9.17, 15) is 0 Å². The van der Waals surface area contributed by atoms with Gasteiger partial charge in [-0.3, -0.25) is 9.80 Å². The summed E-state index contributed by atoms with van der Waals surface area (Å²) < 4.78 is 0. The molecule has 342 valence electrons. The van der Waals surface area contributed by atoms with Crippen molar-refractivity contribution in [3.8, 4) is 0 Å². The molecule has 0 aromatic rings. The van der Waals surface area contributed by atoms with Crippen molar-refractivity contribution in [2.45, 2.75) is 252 Å². The molecule has 0 radical (unpaired) electrons. The van der Waals surface area contributed by atoms with Gasteiger partial charge in [-0.1, -0.05) is 233 Å². The lowest BCUT2D eigenvalue weighted by Crippen LogP contribution is -2.50. The molecule has 57 heavy (non-hydrogen) atoms. The van der Waals surface area contributed by atoms with Gasteiger partial charge in [-0.2, -0.15) is 0 Å². The second-order valence-corrected chi connectivity index (χ2v) is 18.7. The normalized spacial score (nSPS) is 14.1. The average Bonchev–Trinajstić information content (AvgIpc) is 3.23. The van der Waals surface area contributed by atoms with Gasteiger partial charge in [0.25, 0.3) is 0 Å². The predicted molar refractivity (Wildman–Crippen MR) is 258 cm³/mol. The molecule has 0 unspecified atom stereocenters. The van der Waals surface area contributed by atoms with Crippen molar-refractivity contribution in [3.05, 3.63) is 0 Å². The van der Waals surface area contributed by atoms with Crippen molar-refractivity contribution in [1.29, 1.82) is 0 Å². The molecule has 1 heterocycles. The third-order valence-electron chi connectivity index (χ3n) is 13.1.